The first-order chi connectivity index (χ1) is 9.97. The molecule has 1 heterocycles. The van der Waals surface area contributed by atoms with E-state index in [-0.39, 0.29) is 18.0 Å². The van der Waals surface area contributed by atoms with E-state index >= 15 is 0 Å². The number of amides is 1. The highest BCUT2D eigenvalue weighted by Gasteiger charge is 2.38. The molecule has 1 fully saturated rings. The summed E-state index contributed by atoms with van der Waals surface area (Å²) in [6.45, 7) is 4.91. The van der Waals surface area contributed by atoms with Gasteiger partial charge in [-0.25, -0.2) is 0 Å². The summed E-state index contributed by atoms with van der Waals surface area (Å²) in [7, 11) is 3.21. The van der Waals surface area contributed by atoms with Gasteiger partial charge in [-0.1, -0.05) is 19.9 Å². The van der Waals surface area contributed by atoms with E-state index in [4.69, 9.17) is 15.2 Å². The van der Waals surface area contributed by atoms with E-state index in [1.165, 1.54) is 0 Å². The first-order valence-corrected chi connectivity index (χ1v) is 7.25. The van der Waals surface area contributed by atoms with Crippen molar-refractivity contribution in [3.8, 4) is 11.5 Å². The van der Waals surface area contributed by atoms with Crippen molar-refractivity contribution >= 4 is 5.91 Å². The molecule has 0 radical (unpaired) electrons. The fourth-order valence-electron chi connectivity index (χ4n) is 2.89. The number of hydrogen-bond donors (Lipinski definition) is 1. The molecule has 0 aromatic heterocycles. The van der Waals surface area contributed by atoms with Crippen LogP contribution >= 0.6 is 0 Å². The Morgan fingerprint density at radius 2 is 1.95 bits per heavy atom. The van der Waals surface area contributed by atoms with Crippen molar-refractivity contribution in [2.45, 2.75) is 32.4 Å². The molecule has 1 aliphatic heterocycles. The summed E-state index contributed by atoms with van der Waals surface area (Å²) in [5.74, 6) is 1.86. The standard InChI is InChI=1S/C16H24N2O3/c1-10(2)9-18-15(19)8-12(17)16(18)11-5-6-13(20-3)14(7-11)21-4/h5-7,10,12,16H,8-9,17H2,1-4H3. The molecular formula is C16H24N2O3. The summed E-state index contributed by atoms with van der Waals surface area (Å²) in [5.41, 5.74) is 7.19. The van der Waals surface area contributed by atoms with E-state index < -0.39 is 0 Å². The SMILES string of the molecule is COc1ccc(C2C(N)CC(=O)N2CC(C)C)cc1OC. The van der Waals surface area contributed by atoms with E-state index in [0.29, 0.717) is 30.4 Å². The zero-order valence-corrected chi connectivity index (χ0v) is 13.1. The summed E-state index contributed by atoms with van der Waals surface area (Å²) >= 11 is 0. The summed E-state index contributed by atoms with van der Waals surface area (Å²) in [6, 6.07) is 5.44. The van der Waals surface area contributed by atoms with Crippen LogP contribution in [0.15, 0.2) is 18.2 Å². The Hall–Kier alpha value is -1.75. The number of methoxy groups -OCH3 is 2. The third-order valence-electron chi connectivity index (χ3n) is 3.78. The molecule has 0 spiro atoms. The van der Waals surface area contributed by atoms with Crippen LogP contribution in [0.5, 0.6) is 11.5 Å². The van der Waals surface area contributed by atoms with E-state index in [0.717, 1.165) is 5.56 Å². The van der Waals surface area contributed by atoms with E-state index in [1.54, 1.807) is 14.2 Å². The van der Waals surface area contributed by atoms with Gasteiger partial charge in [0.2, 0.25) is 5.91 Å². The second kappa shape index (κ2) is 6.35. The normalized spacial score (nSPS) is 22.0. The molecule has 21 heavy (non-hydrogen) atoms. The van der Waals surface area contributed by atoms with Crippen LogP contribution in [0.25, 0.3) is 0 Å². The zero-order valence-electron chi connectivity index (χ0n) is 13.1. The average molecular weight is 292 g/mol. The van der Waals surface area contributed by atoms with Crippen molar-refractivity contribution in [2.75, 3.05) is 20.8 Å². The smallest absolute Gasteiger partial charge is 0.224 e. The fraction of sp³-hybridized carbons (Fsp3) is 0.562. The van der Waals surface area contributed by atoms with Gasteiger partial charge in [0, 0.05) is 19.0 Å². The Morgan fingerprint density at radius 1 is 1.29 bits per heavy atom. The maximum Gasteiger partial charge on any atom is 0.224 e. The lowest BCUT2D eigenvalue weighted by atomic mass is 9.99. The number of rotatable bonds is 5. The van der Waals surface area contributed by atoms with Gasteiger partial charge in [-0.2, -0.15) is 0 Å². The first kappa shape index (κ1) is 15.6. The number of likely N-dealkylation sites (tertiary alicyclic amines) is 1. The average Bonchev–Trinajstić information content (AvgIpc) is 2.72. The number of nitrogens with zero attached hydrogens (tertiary/aromatic N) is 1. The lowest BCUT2D eigenvalue weighted by Gasteiger charge is -2.29. The van der Waals surface area contributed by atoms with Crippen molar-refractivity contribution in [1.82, 2.24) is 4.90 Å². The molecule has 1 aromatic rings. The number of benzene rings is 1. The Labute approximate surface area is 126 Å². The van der Waals surface area contributed by atoms with Crippen molar-refractivity contribution in [3.63, 3.8) is 0 Å². The van der Waals surface area contributed by atoms with Crippen molar-refractivity contribution < 1.29 is 14.3 Å². The molecule has 1 saturated heterocycles. The van der Waals surface area contributed by atoms with Crippen LogP contribution in [0.4, 0.5) is 0 Å². The summed E-state index contributed by atoms with van der Waals surface area (Å²) in [4.78, 5) is 14.1. The van der Waals surface area contributed by atoms with Crippen LogP contribution in [-0.4, -0.2) is 37.6 Å². The van der Waals surface area contributed by atoms with Crippen LogP contribution in [0.2, 0.25) is 0 Å². The number of nitrogens with two attached hydrogens (primary N) is 1. The molecule has 0 saturated carbocycles. The van der Waals surface area contributed by atoms with Gasteiger partial charge in [-0.05, 0) is 23.6 Å². The monoisotopic (exact) mass is 292 g/mol. The van der Waals surface area contributed by atoms with Crippen molar-refractivity contribution in [3.05, 3.63) is 23.8 Å². The lowest BCUT2D eigenvalue weighted by Crippen LogP contribution is -2.35. The van der Waals surface area contributed by atoms with E-state index in [2.05, 4.69) is 13.8 Å². The Morgan fingerprint density at radius 3 is 2.52 bits per heavy atom. The molecule has 5 heteroatoms. The molecule has 1 amide bonds. The maximum atomic E-state index is 12.2. The highest BCUT2D eigenvalue weighted by atomic mass is 16.5. The molecule has 2 atom stereocenters. The Kier molecular flexibility index (Phi) is 4.73. The summed E-state index contributed by atoms with van der Waals surface area (Å²) in [6.07, 6.45) is 0.395. The molecule has 2 N–H and O–H groups in total. The molecule has 5 nitrogen and oxygen atoms in total. The predicted molar refractivity (Wildman–Crippen MR) is 81.4 cm³/mol. The van der Waals surface area contributed by atoms with Crippen LogP contribution in [0, 0.1) is 5.92 Å². The fourth-order valence-corrected chi connectivity index (χ4v) is 2.89. The first-order valence-electron chi connectivity index (χ1n) is 7.25. The Bertz CT molecular complexity index is 516. The number of hydrogen-bond acceptors (Lipinski definition) is 4. The second-order valence-corrected chi connectivity index (χ2v) is 5.87. The van der Waals surface area contributed by atoms with Gasteiger partial charge in [0.1, 0.15) is 0 Å². The molecule has 2 unspecified atom stereocenters. The third kappa shape index (κ3) is 3.13. The van der Waals surface area contributed by atoms with Gasteiger partial charge in [0.15, 0.2) is 11.5 Å². The van der Waals surface area contributed by atoms with Crippen LogP contribution < -0.4 is 15.2 Å². The van der Waals surface area contributed by atoms with Crippen LogP contribution in [0.1, 0.15) is 31.9 Å². The molecule has 1 aliphatic rings. The highest BCUT2D eigenvalue weighted by Crippen LogP contribution is 2.37. The molecule has 0 bridgehead atoms. The maximum absolute atomic E-state index is 12.2. The lowest BCUT2D eigenvalue weighted by molar-refractivity contribution is -0.129. The topological polar surface area (TPSA) is 64.8 Å². The summed E-state index contributed by atoms with van der Waals surface area (Å²) in [5, 5.41) is 0. The Balaban J connectivity index is 2.35. The van der Waals surface area contributed by atoms with Gasteiger partial charge < -0.3 is 20.1 Å². The van der Waals surface area contributed by atoms with Gasteiger partial charge >= 0.3 is 0 Å². The molecule has 0 aliphatic carbocycles. The van der Waals surface area contributed by atoms with E-state index in [1.807, 2.05) is 23.1 Å². The van der Waals surface area contributed by atoms with Crippen LogP contribution in [-0.2, 0) is 4.79 Å². The number of ether oxygens (including phenoxy) is 2. The largest absolute Gasteiger partial charge is 0.493 e. The van der Waals surface area contributed by atoms with Crippen molar-refractivity contribution in [1.29, 1.82) is 0 Å². The zero-order chi connectivity index (χ0) is 15.6. The van der Waals surface area contributed by atoms with Crippen molar-refractivity contribution in [2.24, 2.45) is 11.7 Å². The highest BCUT2D eigenvalue weighted by molar-refractivity contribution is 5.80. The third-order valence-corrected chi connectivity index (χ3v) is 3.78. The van der Waals surface area contributed by atoms with Gasteiger partial charge in [-0.15, -0.1) is 0 Å². The predicted octanol–water partition coefficient (Wildman–Crippen LogP) is 1.96. The van der Waals surface area contributed by atoms with Gasteiger partial charge in [-0.3, -0.25) is 4.79 Å². The van der Waals surface area contributed by atoms with Gasteiger partial charge in [0.25, 0.3) is 0 Å². The molecular weight excluding hydrogens is 268 g/mol. The number of carbonyl (C=O) groups excluding carboxylic acids is 1. The van der Waals surface area contributed by atoms with E-state index in [9.17, 15) is 4.79 Å². The molecule has 116 valence electrons. The molecule has 2 rings (SSSR count). The minimum Gasteiger partial charge on any atom is -0.493 e. The minimum atomic E-state index is -0.186. The second-order valence-electron chi connectivity index (χ2n) is 5.87. The van der Waals surface area contributed by atoms with Crippen LogP contribution in [0.3, 0.4) is 0 Å². The molecule has 1 aromatic carbocycles. The number of carbonyl (C=O) groups is 1. The minimum absolute atomic E-state index is 0.0975. The quantitative estimate of drug-likeness (QED) is 0.901. The van der Waals surface area contributed by atoms with Gasteiger partial charge in [0.05, 0.1) is 20.3 Å². The summed E-state index contributed by atoms with van der Waals surface area (Å²) < 4.78 is 10.6.